The van der Waals surface area contributed by atoms with Gasteiger partial charge in [-0.15, -0.1) is 0 Å². The Kier molecular flexibility index (Phi) is 2.87. The van der Waals surface area contributed by atoms with Crippen molar-refractivity contribution in [3.63, 3.8) is 0 Å². The summed E-state index contributed by atoms with van der Waals surface area (Å²) in [6.07, 6.45) is 1.78. The van der Waals surface area contributed by atoms with E-state index in [-0.39, 0.29) is 5.16 Å². The van der Waals surface area contributed by atoms with Crippen LogP contribution >= 0.6 is 8.01 Å². The summed E-state index contributed by atoms with van der Waals surface area (Å²) in [7, 11) is -1.05. The first-order valence-electron chi connectivity index (χ1n) is 6.26. The first-order valence-corrected chi connectivity index (χ1v) is 7.44. The minimum Gasteiger partial charge on any atom is -0.419 e. The highest BCUT2D eigenvalue weighted by molar-refractivity contribution is 7.38. The van der Waals surface area contributed by atoms with Crippen LogP contribution in [0.5, 0.6) is 0 Å². The quantitative estimate of drug-likeness (QED) is 0.547. The summed E-state index contributed by atoms with van der Waals surface area (Å²) >= 11 is 0. The molecule has 0 saturated heterocycles. The third kappa shape index (κ3) is 2.26. The standard InChI is InChI=1S/C15H16NO2P/c1-15(2,3)19-17-12-8-5-4-7-11(12)14-13(18-19)9-6-10-16-14/h4-10H,1-3H3. The average Bonchev–Trinajstić information content (AvgIpc) is 2.55. The minimum atomic E-state index is -1.05. The molecule has 0 radical (unpaired) electrons. The summed E-state index contributed by atoms with van der Waals surface area (Å²) in [5.41, 5.74) is 2.50. The van der Waals surface area contributed by atoms with Crippen LogP contribution in [-0.2, 0) is 5.16 Å². The van der Waals surface area contributed by atoms with Gasteiger partial charge in [0.1, 0.15) is 11.1 Å². The molecule has 2 aromatic heterocycles. The van der Waals surface area contributed by atoms with E-state index in [1.54, 1.807) is 6.20 Å². The maximum atomic E-state index is 6.11. The van der Waals surface area contributed by atoms with Gasteiger partial charge in [-0.3, -0.25) is 4.98 Å². The Labute approximate surface area is 112 Å². The highest BCUT2D eigenvalue weighted by Crippen LogP contribution is 2.46. The second kappa shape index (κ2) is 4.43. The van der Waals surface area contributed by atoms with Gasteiger partial charge in [-0.2, -0.15) is 0 Å². The average molecular weight is 273 g/mol. The lowest BCUT2D eigenvalue weighted by Gasteiger charge is -2.13. The molecule has 2 heterocycles. The third-order valence-corrected chi connectivity index (χ3v) is 4.64. The molecule has 0 bridgehead atoms. The summed E-state index contributed by atoms with van der Waals surface area (Å²) in [6.45, 7) is 6.38. The van der Waals surface area contributed by atoms with Crippen molar-refractivity contribution in [1.29, 1.82) is 0 Å². The van der Waals surface area contributed by atoms with Crippen LogP contribution in [0.2, 0.25) is 0 Å². The van der Waals surface area contributed by atoms with Crippen molar-refractivity contribution in [2.75, 3.05) is 0 Å². The van der Waals surface area contributed by atoms with Gasteiger partial charge in [-0.25, -0.2) is 0 Å². The van der Waals surface area contributed by atoms with E-state index in [1.165, 1.54) is 0 Å². The Hall–Kier alpha value is -1.73. The number of fused-ring (bicyclic) bond motifs is 3. The molecule has 0 aliphatic rings. The number of rotatable bonds is 0. The van der Waals surface area contributed by atoms with Crippen LogP contribution in [0.4, 0.5) is 0 Å². The molecule has 1 aromatic carbocycles. The summed E-state index contributed by atoms with van der Waals surface area (Å²) in [5.74, 6) is 0. The van der Waals surface area contributed by atoms with E-state index in [4.69, 9.17) is 8.39 Å². The second-order valence-electron chi connectivity index (χ2n) is 5.46. The maximum Gasteiger partial charge on any atom is 0.222 e. The van der Waals surface area contributed by atoms with Gasteiger partial charge in [0.05, 0.1) is 5.16 Å². The van der Waals surface area contributed by atoms with E-state index in [0.29, 0.717) is 0 Å². The summed E-state index contributed by atoms with van der Waals surface area (Å²) < 4.78 is 12.2. The molecule has 0 fully saturated rings. The van der Waals surface area contributed by atoms with E-state index >= 15 is 0 Å². The lowest BCUT2D eigenvalue weighted by Crippen LogP contribution is -1.98. The van der Waals surface area contributed by atoms with Gasteiger partial charge in [0, 0.05) is 11.6 Å². The van der Waals surface area contributed by atoms with Crippen molar-refractivity contribution >= 4 is 30.1 Å². The molecule has 3 nitrogen and oxygen atoms in total. The van der Waals surface area contributed by atoms with E-state index in [9.17, 15) is 0 Å². The molecule has 3 aromatic rings. The molecule has 0 saturated carbocycles. The highest BCUT2D eigenvalue weighted by atomic mass is 31.1. The zero-order valence-corrected chi connectivity index (χ0v) is 12.1. The summed E-state index contributed by atoms with van der Waals surface area (Å²) in [4.78, 5) is 4.44. The molecule has 3 rings (SSSR count). The Morgan fingerprint density at radius 1 is 0.947 bits per heavy atom. The fraction of sp³-hybridized carbons (Fsp3) is 0.267. The van der Waals surface area contributed by atoms with E-state index in [2.05, 4.69) is 25.8 Å². The lowest BCUT2D eigenvalue weighted by atomic mass is 10.2. The van der Waals surface area contributed by atoms with Crippen molar-refractivity contribution in [2.45, 2.75) is 25.9 Å². The SMILES string of the molecule is CC(C)(C)p1oc2ccccc2c2ncccc2o1. The number of nitrogens with zero attached hydrogens (tertiary/aromatic N) is 1. The van der Waals surface area contributed by atoms with Crippen LogP contribution in [0.25, 0.3) is 22.1 Å². The number of pyridine rings is 1. The molecule has 19 heavy (non-hydrogen) atoms. The van der Waals surface area contributed by atoms with Crippen LogP contribution in [0.1, 0.15) is 20.8 Å². The number of hydrogen-bond donors (Lipinski definition) is 0. The largest absolute Gasteiger partial charge is 0.419 e. The monoisotopic (exact) mass is 273 g/mol. The molecule has 0 amide bonds. The number of aromatic nitrogens is 1. The maximum absolute atomic E-state index is 6.11. The third-order valence-electron chi connectivity index (χ3n) is 2.82. The predicted molar refractivity (Wildman–Crippen MR) is 79.1 cm³/mol. The van der Waals surface area contributed by atoms with Crippen LogP contribution < -0.4 is 0 Å². The second-order valence-corrected chi connectivity index (χ2v) is 7.68. The Morgan fingerprint density at radius 2 is 1.63 bits per heavy atom. The minimum absolute atomic E-state index is 0.0557. The van der Waals surface area contributed by atoms with Gasteiger partial charge in [0.15, 0.2) is 5.58 Å². The van der Waals surface area contributed by atoms with Gasteiger partial charge in [-0.05, 0) is 45.0 Å². The van der Waals surface area contributed by atoms with Crippen LogP contribution in [0.3, 0.4) is 0 Å². The number of benzene rings is 1. The number of hydrogen-bond acceptors (Lipinski definition) is 3. The van der Waals surface area contributed by atoms with Crippen LogP contribution in [0.15, 0.2) is 51.0 Å². The zero-order chi connectivity index (χ0) is 13.5. The normalized spacial score (nSPS) is 12.9. The molecule has 0 N–H and O–H groups in total. The fourth-order valence-corrected chi connectivity index (χ4v) is 3.13. The molecule has 0 aliphatic carbocycles. The Bertz CT molecular complexity index is 714. The smallest absolute Gasteiger partial charge is 0.222 e. The lowest BCUT2D eigenvalue weighted by molar-refractivity contribution is 0.565. The van der Waals surface area contributed by atoms with Crippen molar-refractivity contribution < 1.29 is 8.39 Å². The zero-order valence-electron chi connectivity index (χ0n) is 11.3. The van der Waals surface area contributed by atoms with Gasteiger partial charge < -0.3 is 8.39 Å². The van der Waals surface area contributed by atoms with Gasteiger partial charge in [-0.1, -0.05) is 12.1 Å². The van der Waals surface area contributed by atoms with Crippen molar-refractivity contribution in [3.05, 3.63) is 42.6 Å². The molecule has 98 valence electrons. The highest BCUT2D eigenvalue weighted by Gasteiger charge is 2.20. The van der Waals surface area contributed by atoms with Crippen molar-refractivity contribution in [3.8, 4) is 0 Å². The van der Waals surface area contributed by atoms with Gasteiger partial charge in [0.25, 0.3) is 0 Å². The fourth-order valence-electron chi connectivity index (χ4n) is 1.88. The predicted octanol–water partition coefficient (Wildman–Crippen LogP) is 5.44. The van der Waals surface area contributed by atoms with Gasteiger partial charge >= 0.3 is 0 Å². The first kappa shape index (κ1) is 12.3. The molecule has 0 spiro atoms. The molecular weight excluding hydrogens is 257 g/mol. The summed E-state index contributed by atoms with van der Waals surface area (Å²) in [5, 5.41) is 0.937. The van der Waals surface area contributed by atoms with Crippen LogP contribution in [0, 0.1) is 0 Å². The molecule has 1 atom stereocenters. The molecule has 1 unspecified atom stereocenters. The van der Waals surface area contributed by atoms with Crippen molar-refractivity contribution in [2.24, 2.45) is 0 Å². The molecule has 4 heteroatoms. The summed E-state index contributed by atoms with van der Waals surface area (Å²) in [6, 6.07) is 11.8. The first-order chi connectivity index (χ1) is 9.05. The van der Waals surface area contributed by atoms with E-state index in [1.807, 2.05) is 36.4 Å². The number of para-hydroxylation sites is 1. The molecular formula is C15H16NO2P. The van der Waals surface area contributed by atoms with Crippen molar-refractivity contribution in [1.82, 2.24) is 4.98 Å². The Morgan fingerprint density at radius 3 is 2.42 bits per heavy atom. The topological polar surface area (TPSA) is 39.2 Å². The van der Waals surface area contributed by atoms with E-state index in [0.717, 1.165) is 22.1 Å². The van der Waals surface area contributed by atoms with E-state index < -0.39 is 8.01 Å². The molecule has 0 aliphatic heterocycles. The Balaban J connectivity index is 2.56. The van der Waals surface area contributed by atoms with Crippen LogP contribution in [-0.4, -0.2) is 4.98 Å². The van der Waals surface area contributed by atoms with Gasteiger partial charge in [0.2, 0.25) is 8.01 Å².